The van der Waals surface area contributed by atoms with E-state index in [0.29, 0.717) is 12.0 Å². The van der Waals surface area contributed by atoms with Crippen molar-refractivity contribution in [2.24, 2.45) is 0 Å². The predicted octanol–water partition coefficient (Wildman–Crippen LogP) is 3.85. The van der Waals surface area contributed by atoms with Gasteiger partial charge in [-0.2, -0.15) is 0 Å². The van der Waals surface area contributed by atoms with Crippen LogP contribution < -0.4 is 5.32 Å². The Morgan fingerprint density at radius 3 is 2.33 bits per heavy atom. The standard InChI is InChI=1S/C17H25N3S/c1-11(2)18-10-12(3)17-13(4)19-16(20-14(17)5)9-15-7-6-8-21-15/h6-8,11-12,18H,9-10H2,1-5H3. The summed E-state index contributed by atoms with van der Waals surface area (Å²) in [6, 6.07) is 4.72. The molecule has 0 aromatic carbocycles. The quantitative estimate of drug-likeness (QED) is 0.881. The van der Waals surface area contributed by atoms with Gasteiger partial charge in [0.25, 0.3) is 0 Å². The van der Waals surface area contributed by atoms with Gasteiger partial charge < -0.3 is 5.32 Å². The van der Waals surface area contributed by atoms with E-state index in [1.165, 1.54) is 10.4 Å². The molecule has 1 unspecified atom stereocenters. The summed E-state index contributed by atoms with van der Waals surface area (Å²) in [7, 11) is 0. The highest BCUT2D eigenvalue weighted by molar-refractivity contribution is 7.09. The summed E-state index contributed by atoms with van der Waals surface area (Å²) < 4.78 is 0. The van der Waals surface area contributed by atoms with E-state index in [2.05, 4.69) is 57.4 Å². The van der Waals surface area contributed by atoms with Gasteiger partial charge in [-0.1, -0.05) is 26.8 Å². The molecule has 3 nitrogen and oxygen atoms in total. The first-order chi connectivity index (χ1) is 9.97. The average Bonchev–Trinajstić information content (AvgIpc) is 2.88. The van der Waals surface area contributed by atoms with Crippen molar-refractivity contribution in [3.8, 4) is 0 Å². The largest absolute Gasteiger partial charge is 0.314 e. The molecular formula is C17H25N3S. The Morgan fingerprint density at radius 2 is 1.81 bits per heavy atom. The van der Waals surface area contributed by atoms with Gasteiger partial charge in [0.2, 0.25) is 0 Å². The lowest BCUT2D eigenvalue weighted by Crippen LogP contribution is -2.28. The summed E-state index contributed by atoms with van der Waals surface area (Å²) in [5.41, 5.74) is 3.53. The molecule has 4 heteroatoms. The van der Waals surface area contributed by atoms with Gasteiger partial charge in [0, 0.05) is 35.3 Å². The number of aromatic nitrogens is 2. The van der Waals surface area contributed by atoms with E-state index < -0.39 is 0 Å². The van der Waals surface area contributed by atoms with Gasteiger partial charge in [0.1, 0.15) is 5.82 Å². The smallest absolute Gasteiger partial charge is 0.134 e. The van der Waals surface area contributed by atoms with Crippen LogP contribution in [-0.4, -0.2) is 22.6 Å². The molecule has 0 saturated carbocycles. The fourth-order valence-electron chi connectivity index (χ4n) is 2.67. The third kappa shape index (κ3) is 4.35. The second-order valence-electron chi connectivity index (χ2n) is 5.94. The summed E-state index contributed by atoms with van der Waals surface area (Å²) in [5, 5.41) is 5.60. The lowest BCUT2D eigenvalue weighted by molar-refractivity contribution is 0.543. The summed E-state index contributed by atoms with van der Waals surface area (Å²) in [4.78, 5) is 10.8. The summed E-state index contributed by atoms with van der Waals surface area (Å²) in [5.74, 6) is 1.36. The zero-order valence-corrected chi connectivity index (χ0v) is 14.4. The second-order valence-corrected chi connectivity index (χ2v) is 6.98. The van der Waals surface area contributed by atoms with E-state index in [4.69, 9.17) is 9.97 Å². The van der Waals surface area contributed by atoms with E-state index in [1.54, 1.807) is 11.3 Å². The van der Waals surface area contributed by atoms with Crippen molar-refractivity contribution in [1.82, 2.24) is 15.3 Å². The van der Waals surface area contributed by atoms with Crippen molar-refractivity contribution in [3.05, 3.63) is 45.2 Å². The van der Waals surface area contributed by atoms with Gasteiger partial charge in [-0.3, -0.25) is 0 Å². The van der Waals surface area contributed by atoms with Crippen LogP contribution in [0, 0.1) is 13.8 Å². The monoisotopic (exact) mass is 303 g/mol. The maximum Gasteiger partial charge on any atom is 0.134 e. The molecule has 2 aromatic heterocycles. The highest BCUT2D eigenvalue weighted by Crippen LogP contribution is 2.22. The van der Waals surface area contributed by atoms with E-state index in [9.17, 15) is 0 Å². The first-order valence-electron chi connectivity index (χ1n) is 7.57. The van der Waals surface area contributed by atoms with Gasteiger partial charge >= 0.3 is 0 Å². The van der Waals surface area contributed by atoms with E-state index in [0.717, 1.165) is 30.2 Å². The van der Waals surface area contributed by atoms with Crippen molar-refractivity contribution >= 4 is 11.3 Å². The van der Waals surface area contributed by atoms with E-state index in [-0.39, 0.29) is 0 Å². The van der Waals surface area contributed by atoms with Crippen LogP contribution in [0.2, 0.25) is 0 Å². The first kappa shape index (κ1) is 16.1. The molecule has 114 valence electrons. The number of thiophene rings is 1. The fourth-order valence-corrected chi connectivity index (χ4v) is 3.37. The molecule has 1 atom stereocenters. The zero-order valence-electron chi connectivity index (χ0n) is 13.6. The molecule has 0 amide bonds. The minimum absolute atomic E-state index is 0.434. The molecule has 0 spiro atoms. The number of hydrogen-bond donors (Lipinski definition) is 1. The normalized spacial score (nSPS) is 12.9. The van der Waals surface area contributed by atoms with Crippen molar-refractivity contribution in [3.63, 3.8) is 0 Å². The van der Waals surface area contributed by atoms with E-state index in [1.807, 2.05) is 0 Å². The molecule has 0 aliphatic heterocycles. The molecule has 21 heavy (non-hydrogen) atoms. The summed E-state index contributed by atoms with van der Waals surface area (Å²) in [6.07, 6.45) is 0.832. The minimum Gasteiger partial charge on any atom is -0.314 e. The Hall–Kier alpha value is -1.26. The van der Waals surface area contributed by atoms with Crippen molar-refractivity contribution < 1.29 is 0 Å². The Balaban J connectivity index is 2.16. The Kier molecular flexibility index (Phi) is 5.48. The molecule has 0 aliphatic carbocycles. The summed E-state index contributed by atoms with van der Waals surface area (Å²) >= 11 is 1.76. The lowest BCUT2D eigenvalue weighted by atomic mass is 9.97. The molecule has 2 heterocycles. The van der Waals surface area contributed by atoms with E-state index >= 15 is 0 Å². The topological polar surface area (TPSA) is 37.8 Å². The van der Waals surface area contributed by atoms with Crippen LogP contribution >= 0.6 is 11.3 Å². The third-order valence-corrected chi connectivity index (χ3v) is 4.49. The average molecular weight is 303 g/mol. The number of nitrogens with one attached hydrogen (secondary N) is 1. The van der Waals surface area contributed by atoms with Gasteiger partial charge in [0.05, 0.1) is 0 Å². The lowest BCUT2D eigenvalue weighted by Gasteiger charge is -2.19. The Bertz CT molecular complexity index is 553. The van der Waals surface area contributed by atoms with Crippen molar-refractivity contribution in [2.45, 2.75) is 53.0 Å². The van der Waals surface area contributed by atoms with Gasteiger partial charge in [-0.05, 0) is 36.8 Å². The molecule has 0 fully saturated rings. The Labute approximate surface area is 131 Å². The van der Waals surface area contributed by atoms with Gasteiger partial charge in [0.15, 0.2) is 0 Å². The van der Waals surface area contributed by atoms with Gasteiger partial charge in [-0.25, -0.2) is 9.97 Å². The SMILES string of the molecule is Cc1nc(Cc2cccs2)nc(C)c1C(C)CNC(C)C. The maximum absolute atomic E-state index is 4.72. The number of rotatable bonds is 6. The third-order valence-electron chi connectivity index (χ3n) is 3.61. The highest BCUT2D eigenvalue weighted by Gasteiger charge is 2.15. The first-order valence-corrected chi connectivity index (χ1v) is 8.45. The van der Waals surface area contributed by atoms with Crippen LogP contribution in [0.15, 0.2) is 17.5 Å². The molecule has 0 aliphatic rings. The molecule has 1 N–H and O–H groups in total. The number of aryl methyl sites for hydroxylation is 2. The molecule has 0 radical (unpaired) electrons. The zero-order chi connectivity index (χ0) is 15.4. The van der Waals surface area contributed by atoms with Crippen LogP contribution in [0.4, 0.5) is 0 Å². The van der Waals surface area contributed by atoms with Crippen molar-refractivity contribution in [2.75, 3.05) is 6.54 Å². The molecule has 0 saturated heterocycles. The van der Waals surface area contributed by atoms with Crippen LogP contribution in [0.25, 0.3) is 0 Å². The van der Waals surface area contributed by atoms with Crippen LogP contribution in [-0.2, 0) is 6.42 Å². The van der Waals surface area contributed by atoms with Crippen LogP contribution in [0.1, 0.15) is 54.3 Å². The molecule has 2 rings (SSSR count). The number of nitrogens with zero attached hydrogens (tertiary/aromatic N) is 2. The molecular weight excluding hydrogens is 278 g/mol. The fraction of sp³-hybridized carbons (Fsp3) is 0.529. The van der Waals surface area contributed by atoms with Crippen LogP contribution in [0.3, 0.4) is 0 Å². The molecule has 0 bridgehead atoms. The summed E-state index contributed by atoms with van der Waals surface area (Å²) in [6.45, 7) is 11.8. The van der Waals surface area contributed by atoms with Gasteiger partial charge in [-0.15, -0.1) is 11.3 Å². The van der Waals surface area contributed by atoms with Crippen LogP contribution in [0.5, 0.6) is 0 Å². The Morgan fingerprint density at radius 1 is 1.14 bits per heavy atom. The predicted molar refractivity (Wildman–Crippen MR) is 90.2 cm³/mol. The maximum atomic E-state index is 4.72. The highest BCUT2D eigenvalue weighted by atomic mass is 32.1. The molecule has 2 aromatic rings. The second kappa shape index (κ2) is 7.14. The minimum atomic E-state index is 0.434. The van der Waals surface area contributed by atoms with Crippen molar-refractivity contribution in [1.29, 1.82) is 0 Å². The number of hydrogen-bond acceptors (Lipinski definition) is 4.